The Morgan fingerprint density at radius 2 is 0.432 bits per heavy atom. The second kappa shape index (κ2) is 35.6. The van der Waals surface area contributed by atoms with Crippen molar-refractivity contribution in [1.82, 2.24) is 3.64 Å². The Balaban J connectivity index is 4.02. The van der Waals surface area contributed by atoms with Crippen LogP contribution >= 0.6 is 22.9 Å². The number of hydrogen-bond acceptors (Lipinski definition) is 2. The molecule has 0 aliphatic heterocycles. The van der Waals surface area contributed by atoms with E-state index in [1.54, 1.807) is 29.7 Å². The van der Waals surface area contributed by atoms with Crippen LogP contribution in [0, 0.1) is 0 Å². The van der Waals surface area contributed by atoms with Gasteiger partial charge >= 0.3 is 7.41 Å². The average Bonchev–Trinajstić information content (AvgIpc) is 3.04. The Hall–Kier alpha value is -7.41. The molecule has 0 fully saturated rings. The first-order valence-electron chi connectivity index (χ1n) is 9.05. The van der Waals surface area contributed by atoms with Crippen molar-refractivity contribution in [3.8, 4) is 0 Å². The van der Waals surface area contributed by atoms with E-state index in [2.05, 4.69) is 212 Å². The van der Waals surface area contributed by atoms with Crippen LogP contribution in [-0.4, -0.2) is 7.41 Å². The third-order valence-electron chi connectivity index (χ3n) is 1.73. The van der Waals surface area contributed by atoms with Crippen LogP contribution in [0.15, 0.2) is 209 Å². The standard InChI is InChI=1S/CH4BIN41/c1-2-4-6-8-10-12-14-16-18-20-22-24-26-28-30-32-34-36-38-40-42-44-43-41-39-37-35-33-31-29-27-25-23-21-19-17-15-13-11-9-7-5-3/h1H3,(H,4,5,8,9,12,13,16,17,20,21,24,25,28,29,32,33,36,37,40,41,44). The number of halogens is 1. The molecular weight excluding hydrogens is 724 g/mol. The summed E-state index contributed by atoms with van der Waals surface area (Å²) in [7, 11) is 1.38. The predicted octanol–water partition coefficient (Wildman–Crippen LogP) is 7.94. The molecule has 0 heterocycles. The van der Waals surface area contributed by atoms with Crippen LogP contribution in [0.25, 0.3) is 0 Å². The quantitative estimate of drug-likeness (QED) is 0.0397. The minimum Gasteiger partial charge on any atom is -0.240 e. The monoisotopic (exact) mass is 728 g/mol. The van der Waals surface area contributed by atoms with E-state index in [4.69, 9.17) is 0 Å². The van der Waals surface area contributed by atoms with E-state index in [9.17, 15) is 0 Å². The summed E-state index contributed by atoms with van der Waals surface area (Å²) < 4.78 is 2.29. The van der Waals surface area contributed by atoms with Crippen molar-refractivity contribution in [2.45, 2.75) is 6.82 Å². The minimum atomic E-state index is 1.38. The Kier molecular flexibility index (Phi) is 29.6. The van der Waals surface area contributed by atoms with E-state index in [1.165, 1.54) is 7.41 Å². The number of rotatable bonds is 21. The molecule has 0 saturated carbocycles. The van der Waals surface area contributed by atoms with Crippen molar-refractivity contribution < 1.29 is 0 Å². The summed E-state index contributed by atoms with van der Waals surface area (Å²) >= 11 is 1.70. The van der Waals surface area contributed by atoms with Gasteiger partial charge in [0.05, 0.1) is 22.9 Å². The second-order valence-corrected chi connectivity index (χ2v) is 4.44. The summed E-state index contributed by atoms with van der Waals surface area (Å²) in [6, 6.07) is 0. The van der Waals surface area contributed by atoms with Gasteiger partial charge in [-0.05, 0) is 83.6 Å². The maximum absolute atomic E-state index is 3.36. The molecule has 0 rings (SSSR count). The van der Waals surface area contributed by atoms with Crippen LogP contribution in [0.4, 0.5) is 0 Å². The third kappa shape index (κ3) is 34.6. The highest BCUT2D eigenvalue weighted by Crippen LogP contribution is 1.92. The van der Waals surface area contributed by atoms with Gasteiger partial charge in [-0.1, -0.05) is 6.82 Å². The second-order valence-electron chi connectivity index (χ2n) is 3.96. The molecular formula is CH4BIN41. The summed E-state index contributed by atoms with van der Waals surface area (Å²) in [5.74, 6) is 0. The smallest absolute Gasteiger partial charge is 0.240 e. The van der Waals surface area contributed by atoms with Crippen molar-refractivity contribution in [2.24, 2.45) is 209 Å². The molecule has 0 atom stereocenters. The molecule has 0 spiro atoms. The zero-order valence-corrected chi connectivity index (χ0v) is 22.5. The molecule has 44 heavy (non-hydrogen) atoms. The minimum absolute atomic E-state index is 1.38. The fourth-order valence-corrected chi connectivity index (χ4v) is 0.852. The van der Waals surface area contributed by atoms with Crippen LogP contribution in [0.5, 0.6) is 0 Å². The van der Waals surface area contributed by atoms with Gasteiger partial charge in [0.15, 0.2) is 0 Å². The van der Waals surface area contributed by atoms with Crippen molar-refractivity contribution in [3.05, 3.63) is 0 Å². The molecule has 223 valence electrons. The Morgan fingerprint density at radius 3 is 0.591 bits per heavy atom. The lowest BCUT2D eigenvalue weighted by Gasteiger charge is -1.72. The van der Waals surface area contributed by atoms with E-state index in [-0.39, 0.29) is 0 Å². The van der Waals surface area contributed by atoms with Crippen molar-refractivity contribution in [1.29, 1.82) is 0 Å². The van der Waals surface area contributed by atoms with Gasteiger partial charge in [-0.2, -0.15) is 0 Å². The molecule has 0 aliphatic carbocycles. The summed E-state index contributed by atoms with van der Waals surface area (Å²) in [6.07, 6.45) is 0. The zero-order chi connectivity index (χ0) is 31.7. The Labute approximate surface area is 249 Å². The van der Waals surface area contributed by atoms with Gasteiger partial charge in [0.1, 0.15) is 0 Å². The normalized spacial score (nSPS) is 15.0. The largest absolute Gasteiger partial charge is 0.305 e. The van der Waals surface area contributed by atoms with Gasteiger partial charge in [-0.25, -0.2) is 8.66 Å². The zero-order valence-electron chi connectivity index (χ0n) is 20.3. The van der Waals surface area contributed by atoms with Crippen LogP contribution in [0.1, 0.15) is 0 Å². The number of nitrogens with zero attached hydrogens (tertiary/aromatic N) is 40. The highest BCUT2D eigenvalue weighted by atomic mass is 127. The third-order valence-corrected chi connectivity index (χ3v) is 1.95. The molecule has 41 nitrogen and oxygen atoms in total. The lowest BCUT2D eigenvalue weighted by molar-refractivity contribution is 0.726. The van der Waals surface area contributed by atoms with E-state index >= 15 is 0 Å². The van der Waals surface area contributed by atoms with E-state index < -0.39 is 0 Å². The van der Waals surface area contributed by atoms with E-state index in [0.717, 1.165) is 0 Å². The predicted molar refractivity (Wildman–Crippen MR) is 126 cm³/mol. The molecule has 0 bridgehead atoms. The molecule has 0 aromatic rings. The van der Waals surface area contributed by atoms with Crippen molar-refractivity contribution in [3.63, 3.8) is 0 Å². The fraction of sp³-hybridized carbons (Fsp3) is 1.00. The highest BCUT2D eigenvalue weighted by molar-refractivity contribution is 14.1. The number of hydrogen-bond donors (Lipinski definition) is 1. The van der Waals surface area contributed by atoms with Crippen LogP contribution in [0.2, 0.25) is 6.82 Å². The van der Waals surface area contributed by atoms with Crippen LogP contribution in [-0.2, 0) is 0 Å². The van der Waals surface area contributed by atoms with Gasteiger partial charge in [-0.3, -0.25) is 0 Å². The van der Waals surface area contributed by atoms with Gasteiger partial charge in [0.2, 0.25) is 0 Å². The van der Waals surface area contributed by atoms with Crippen molar-refractivity contribution in [2.75, 3.05) is 0 Å². The lowest BCUT2D eigenvalue weighted by Crippen LogP contribution is -1.74. The first-order chi connectivity index (χ1) is 21.9. The first-order valence-corrected chi connectivity index (χ1v) is 10.1. The summed E-state index contributed by atoms with van der Waals surface area (Å²) in [5.41, 5.74) is 0. The lowest BCUT2D eigenvalue weighted by atomic mass is 10.0. The molecule has 0 saturated heterocycles. The molecule has 0 unspecified atom stereocenters. The SMILES string of the molecule is C[B]N=NN=NN=NN=NN=NN=NN=NN=NN=NN=NN=NN=NN=NN=NN=NN=NN=NN=NN=NN=NNI. The molecule has 0 aliphatic rings. The van der Waals surface area contributed by atoms with Gasteiger partial charge < -0.3 is 0 Å². The maximum atomic E-state index is 3.36. The summed E-state index contributed by atoms with van der Waals surface area (Å²) in [6.45, 7) is 1.63. The highest BCUT2D eigenvalue weighted by Gasteiger charge is 1.74. The van der Waals surface area contributed by atoms with E-state index in [1.807, 2.05) is 0 Å². The molecule has 43 heteroatoms. The fourth-order valence-electron chi connectivity index (χ4n) is 0.756. The topological polar surface area (TPSA) is 506 Å². The van der Waals surface area contributed by atoms with Gasteiger partial charge in [-0.15, -0.1) is 0 Å². The summed E-state index contributed by atoms with van der Waals surface area (Å²) in [5, 5.41) is 122. The molecule has 1 radical (unpaired) electrons. The van der Waals surface area contributed by atoms with Crippen LogP contribution in [0.3, 0.4) is 0 Å². The van der Waals surface area contributed by atoms with Crippen LogP contribution < -0.4 is 3.64 Å². The number of nitrogens with one attached hydrogen (secondary N) is 1. The van der Waals surface area contributed by atoms with Gasteiger partial charge in [0.25, 0.3) is 0 Å². The maximum Gasteiger partial charge on any atom is 0.305 e. The van der Waals surface area contributed by atoms with E-state index in [0.29, 0.717) is 0 Å². The Bertz CT molecular complexity index is 1200. The molecule has 0 amide bonds. The van der Waals surface area contributed by atoms with Gasteiger partial charge in [0, 0.05) is 120 Å². The Morgan fingerprint density at radius 1 is 0.273 bits per heavy atom. The van der Waals surface area contributed by atoms with Crippen molar-refractivity contribution >= 4 is 30.3 Å². The molecule has 0 aromatic heterocycles. The summed E-state index contributed by atoms with van der Waals surface area (Å²) in [4.78, 5) is 0. The average molecular weight is 728 g/mol. The molecule has 0 aromatic carbocycles. The molecule has 1 N–H and O–H groups in total. The first kappa shape index (κ1) is 36.6.